The Labute approximate surface area is 77.2 Å². The van der Waals surface area contributed by atoms with Crippen LogP contribution < -0.4 is 11.1 Å². The van der Waals surface area contributed by atoms with Crippen molar-refractivity contribution in [1.82, 2.24) is 15.1 Å². The number of nitrogens with one attached hydrogen (secondary N) is 1. The van der Waals surface area contributed by atoms with Gasteiger partial charge in [0.25, 0.3) is 0 Å². The molecule has 0 aromatic heterocycles. The SMILES string of the molecule is CN1C(=O)C(N)CCN2CNC=C21. The van der Waals surface area contributed by atoms with E-state index in [0.717, 1.165) is 25.5 Å². The summed E-state index contributed by atoms with van der Waals surface area (Å²) in [5, 5.41) is 3.09. The van der Waals surface area contributed by atoms with Gasteiger partial charge in [0, 0.05) is 19.8 Å². The fourth-order valence-electron chi connectivity index (χ4n) is 1.70. The van der Waals surface area contributed by atoms with Gasteiger partial charge in [-0.1, -0.05) is 0 Å². The van der Waals surface area contributed by atoms with E-state index in [9.17, 15) is 4.79 Å². The minimum Gasteiger partial charge on any atom is -0.371 e. The number of carbonyl (C=O) groups is 1. The Morgan fingerprint density at radius 1 is 1.69 bits per heavy atom. The molecule has 72 valence electrons. The second-order valence-corrected chi connectivity index (χ2v) is 3.42. The summed E-state index contributed by atoms with van der Waals surface area (Å²) in [7, 11) is 1.76. The highest BCUT2D eigenvalue weighted by Gasteiger charge is 2.30. The Bertz CT molecular complexity index is 263. The Morgan fingerprint density at radius 2 is 2.46 bits per heavy atom. The van der Waals surface area contributed by atoms with E-state index in [-0.39, 0.29) is 11.9 Å². The van der Waals surface area contributed by atoms with E-state index in [1.807, 2.05) is 6.20 Å². The summed E-state index contributed by atoms with van der Waals surface area (Å²) in [6.07, 6.45) is 2.58. The molecule has 0 radical (unpaired) electrons. The number of likely N-dealkylation sites (N-methyl/N-ethyl adjacent to an activating group) is 1. The molecule has 2 aliphatic heterocycles. The van der Waals surface area contributed by atoms with Crippen molar-refractivity contribution in [3.05, 3.63) is 12.0 Å². The summed E-state index contributed by atoms with van der Waals surface area (Å²) in [6, 6.07) is -0.350. The van der Waals surface area contributed by atoms with Crippen LogP contribution in [0.3, 0.4) is 0 Å². The molecule has 2 aliphatic rings. The number of rotatable bonds is 0. The Balaban J connectivity index is 2.25. The third-order valence-corrected chi connectivity index (χ3v) is 2.54. The van der Waals surface area contributed by atoms with Crippen molar-refractivity contribution in [2.75, 3.05) is 20.3 Å². The summed E-state index contributed by atoms with van der Waals surface area (Å²) in [5.74, 6) is 0.926. The van der Waals surface area contributed by atoms with Gasteiger partial charge in [-0.2, -0.15) is 0 Å². The molecule has 1 fully saturated rings. The monoisotopic (exact) mass is 182 g/mol. The lowest BCUT2D eigenvalue weighted by molar-refractivity contribution is -0.129. The fraction of sp³-hybridized carbons (Fsp3) is 0.625. The molecule has 5 heteroatoms. The molecule has 1 saturated heterocycles. The van der Waals surface area contributed by atoms with E-state index in [0.29, 0.717) is 0 Å². The van der Waals surface area contributed by atoms with E-state index < -0.39 is 0 Å². The summed E-state index contributed by atoms with van der Waals surface area (Å²) in [4.78, 5) is 15.3. The van der Waals surface area contributed by atoms with Crippen LogP contribution in [0.15, 0.2) is 12.0 Å². The number of hydrogen-bond donors (Lipinski definition) is 2. The minimum atomic E-state index is -0.350. The van der Waals surface area contributed by atoms with E-state index in [1.165, 1.54) is 0 Å². The van der Waals surface area contributed by atoms with E-state index in [4.69, 9.17) is 5.73 Å². The summed E-state index contributed by atoms with van der Waals surface area (Å²) in [6.45, 7) is 1.62. The molecular weight excluding hydrogens is 168 g/mol. The highest BCUT2D eigenvalue weighted by Crippen LogP contribution is 2.17. The van der Waals surface area contributed by atoms with Gasteiger partial charge >= 0.3 is 0 Å². The number of carbonyl (C=O) groups excluding carboxylic acids is 1. The van der Waals surface area contributed by atoms with Gasteiger partial charge in [0.15, 0.2) is 0 Å². The smallest absolute Gasteiger partial charge is 0.244 e. The fourth-order valence-corrected chi connectivity index (χ4v) is 1.70. The van der Waals surface area contributed by atoms with Gasteiger partial charge in [0.1, 0.15) is 5.82 Å². The third kappa shape index (κ3) is 1.25. The van der Waals surface area contributed by atoms with Crippen molar-refractivity contribution in [2.24, 2.45) is 5.73 Å². The zero-order valence-electron chi connectivity index (χ0n) is 7.66. The molecule has 0 bridgehead atoms. The molecule has 2 heterocycles. The topological polar surface area (TPSA) is 61.6 Å². The lowest BCUT2D eigenvalue weighted by Gasteiger charge is -2.23. The predicted octanol–water partition coefficient (Wildman–Crippen LogP) is -1.16. The molecule has 1 amide bonds. The van der Waals surface area contributed by atoms with Crippen LogP contribution >= 0.6 is 0 Å². The van der Waals surface area contributed by atoms with Crippen LogP contribution in [-0.2, 0) is 4.79 Å². The van der Waals surface area contributed by atoms with Crippen molar-refractivity contribution < 1.29 is 4.79 Å². The Kier molecular flexibility index (Phi) is 1.88. The first-order chi connectivity index (χ1) is 6.20. The lowest BCUT2D eigenvalue weighted by atomic mass is 10.2. The van der Waals surface area contributed by atoms with Crippen LogP contribution in [0.4, 0.5) is 0 Å². The number of amides is 1. The molecule has 13 heavy (non-hydrogen) atoms. The van der Waals surface area contributed by atoms with Crippen LogP contribution in [0, 0.1) is 0 Å². The second-order valence-electron chi connectivity index (χ2n) is 3.42. The molecular formula is C8H14N4O. The minimum absolute atomic E-state index is 0.00236. The average molecular weight is 182 g/mol. The molecule has 2 rings (SSSR count). The molecule has 1 unspecified atom stereocenters. The lowest BCUT2D eigenvalue weighted by Crippen LogP contribution is -2.39. The van der Waals surface area contributed by atoms with Crippen molar-refractivity contribution in [1.29, 1.82) is 0 Å². The maximum atomic E-state index is 11.6. The molecule has 0 aliphatic carbocycles. The first-order valence-electron chi connectivity index (χ1n) is 4.42. The van der Waals surface area contributed by atoms with Crippen LogP contribution in [0.1, 0.15) is 6.42 Å². The summed E-state index contributed by atoms with van der Waals surface area (Å²) >= 11 is 0. The maximum Gasteiger partial charge on any atom is 0.244 e. The molecule has 3 N–H and O–H groups in total. The number of nitrogens with zero attached hydrogens (tertiary/aromatic N) is 2. The second kappa shape index (κ2) is 2.92. The predicted molar refractivity (Wildman–Crippen MR) is 48.2 cm³/mol. The van der Waals surface area contributed by atoms with Crippen molar-refractivity contribution in [3.8, 4) is 0 Å². The largest absolute Gasteiger partial charge is 0.371 e. The van der Waals surface area contributed by atoms with Crippen LogP contribution in [0.2, 0.25) is 0 Å². The summed E-state index contributed by atoms with van der Waals surface area (Å²) in [5.41, 5.74) is 5.71. The highest BCUT2D eigenvalue weighted by atomic mass is 16.2. The van der Waals surface area contributed by atoms with Crippen LogP contribution in [-0.4, -0.2) is 42.0 Å². The van der Waals surface area contributed by atoms with Gasteiger partial charge in [-0.3, -0.25) is 9.69 Å². The normalized spacial score (nSPS) is 28.0. The average Bonchev–Trinajstić information content (AvgIpc) is 2.56. The van der Waals surface area contributed by atoms with Crippen LogP contribution in [0.25, 0.3) is 0 Å². The van der Waals surface area contributed by atoms with Gasteiger partial charge in [-0.25, -0.2) is 0 Å². The standard InChI is InChI=1S/C8H14N4O/c1-11-7-4-10-5-12(7)3-2-6(9)8(11)13/h4,6,10H,2-3,5,9H2,1H3. The van der Waals surface area contributed by atoms with Gasteiger partial charge < -0.3 is 16.0 Å². The first-order valence-corrected chi connectivity index (χ1v) is 4.42. The van der Waals surface area contributed by atoms with Crippen molar-refractivity contribution in [2.45, 2.75) is 12.5 Å². The zero-order valence-corrected chi connectivity index (χ0v) is 7.66. The Hall–Kier alpha value is -1.23. The molecule has 0 aromatic carbocycles. The summed E-state index contributed by atoms with van der Waals surface area (Å²) < 4.78 is 0. The van der Waals surface area contributed by atoms with Gasteiger partial charge in [-0.05, 0) is 6.42 Å². The van der Waals surface area contributed by atoms with Gasteiger partial charge in [0.2, 0.25) is 5.91 Å². The quantitative estimate of drug-likeness (QED) is 0.496. The van der Waals surface area contributed by atoms with E-state index in [2.05, 4.69) is 10.2 Å². The number of nitrogens with two attached hydrogens (primary N) is 1. The number of fused-ring (bicyclic) bond motifs is 1. The highest BCUT2D eigenvalue weighted by molar-refractivity contribution is 5.83. The molecule has 0 aromatic rings. The molecule has 0 saturated carbocycles. The first kappa shape index (κ1) is 8.37. The van der Waals surface area contributed by atoms with Crippen LogP contribution in [0.5, 0.6) is 0 Å². The number of hydrogen-bond acceptors (Lipinski definition) is 4. The van der Waals surface area contributed by atoms with Gasteiger partial charge in [-0.15, -0.1) is 0 Å². The molecule has 1 atom stereocenters. The third-order valence-electron chi connectivity index (χ3n) is 2.54. The molecule has 0 spiro atoms. The van der Waals surface area contributed by atoms with E-state index in [1.54, 1.807) is 11.9 Å². The van der Waals surface area contributed by atoms with Crippen molar-refractivity contribution in [3.63, 3.8) is 0 Å². The maximum absolute atomic E-state index is 11.6. The molecule has 5 nitrogen and oxygen atoms in total. The Morgan fingerprint density at radius 3 is 3.23 bits per heavy atom. The zero-order chi connectivity index (χ0) is 9.42. The van der Waals surface area contributed by atoms with Crippen molar-refractivity contribution >= 4 is 5.91 Å². The van der Waals surface area contributed by atoms with Gasteiger partial charge in [0.05, 0.1) is 12.7 Å². The van der Waals surface area contributed by atoms with E-state index >= 15 is 0 Å².